The van der Waals surface area contributed by atoms with E-state index in [-0.39, 0.29) is 23.6 Å². The first-order valence-corrected chi connectivity index (χ1v) is 5.15. The first-order chi connectivity index (χ1) is 6.69. The molecule has 4 nitrogen and oxygen atoms in total. The van der Waals surface area contributed by atoms with Crippen molar-refractivity contribution in [2.75, 3.05) is 13.0 Å². The molecule has 1 fully saturated rings. The van der Waals surface area contributed by atoms with Crippen LogP contribution in [0, 0.1) is 5.92 Å². The van der Waals surface area contributed by atoms with Gasteiger partial charge in [0.2, 0.25) is 0 Å². The number of hydrogen-bond donors (Lipinski definition) is 1. The number of amides is 1. The summed E-state index contributed by atoms with van der Waals surface area (Å²) in [5.41, 5.74) is 0. The van der Waals surface area contributed by atoms with Gasteiger partial charge < -0.3 is 10.1 Å². The van der Waals surface area contributed by atoms with Crippen LogP contribution in [0.5, 0.6) is 0 Å². The zero-order valence-corrected chi connectivity index (χ0v) is 8.84. The Morgan fingerprint density at radius 2 is 2.21 bits per heavy atom. The van der Waals surface area contributed by atoms with Gasteiger partial charge in [-0.2, -0.15) is 0 Å². The molecule has 1 aliphatic rings. The molecule has 5 heteroatoms. The van der Waals surface area contributed by atoms with Crippen LogP contribution in [0.4, 0.5) is 4.79 Å². The second-order valence-corrected chi connectivity index (χ2v) is 3.65. The zero-order valence-electron chi connectivity index (χ0n) is 8.09. The number of hydrogen-bond acceptors (Lipinski definition) is 3. The summed E-state index contributed by atoms with van der Waals surface area (Å²) in [5.74, 6) is -0.110. The molecule has 0 bridgehead atoms. The van der Waals surface area contributed by atoms with Crippen LogP contribution in [0.25, 0.3) is 0 Å². The number of methoxy groups -OCH3 is 1. The van der Waals surface area contributed by atoms with Crippen molar-refractivity contribution in [3.05, 3.63) is 0 Å². The highest BCUT2D eigenvalue weighted by Gasteiger charge is 2.33. The topological polar surface area (TPSA) is 55.4 Å². The van der Waals surface area contributed by atoms with Crippen LogP contribution >= 0.6 is 11.6 Å². The summed E-state index contributed by atoms with van der Waals surface area (Å²) >= 11 is 5.47. The fourth-order valence-corrected chi connectivity index (χ4v) is 2.03. The van der Waals surface area contributed by atoms with Gasteiger partial charge in [0.25, 0.3) is 0 Å². The highest BCUT2D eigenvalue weighted by atomic mass is 35.5. The van der Waals surface area contributed by atoms with Gasteiger partial charge in [-0.05, 0) is 12.8 Å². The molecule has 14 heavy (non-hydrogen) atoms. The number of halogens is 1. The van der Waals surface area contributed by atoms with E-state index >= 15 is 0 Å². The Labute approximate surface area is 87.9 Å². The minimum Gasteiger partial charge on any atom is -0.453 e. The summed E-state index contributed by atoms with van der Waals surface area (Å²) in [6.07, 6.45) is 2.09. The molecule has 0 spiro atoms. The smallest absolute Gasteiger partial charge is 0.407 e. The summed E-state index contributed by atoms with van der Waals surface area (Å²) < 4.78 is 4.48. The van der Waals surface area contributed by atoms with Gasteiger partial charge in [0.15, 0.2) is 5.78 Å². The standard InChI is InChI=1S/C9H14ClNO3/c1-14-9(13)11-7-4-2-3-6(7)8(12)5-10/h6-7H,2-5H2,1H3,(H,11,13). The molecule has 0 aromatic rings. The van der Waals surface area contributed by atoms with Crippen LogP contribution in [0.3, 0.4) is 0 Å². The third-order valence-electron chi connectivity index (χ3n) is 2.55. The number of carbonyl (C=O) groups excluding carboxylic acids is 2. The lowest BCUT2D eigenvalue weighted by atomic mass is 9.99. The summed E-state index contributed by atoms with van der Waals surface area (Å²) in [6.45, 7) is 0. The van der Waals surface area contributed by atoms with Crippen LogP contribution in [0.15, 0.2) is 0 Å². The molecule has 1 N–H and O–H groups in total. The van der Waals surface area contributed by atoms with Crippen molar-refractivity contribution < 1.29 is 14.3 Å². The molecule has 0 aliphatic heterocycles. The number of alkyl carbamates (subject to hydrolysis) is 1. The van der Waals surface area contributed by atoms with Gasteiger partial charge in [0, 0.05) is 12.0 Å². The average molecular weight is 220 g/mol. The first kappa shape index (κ1) is 11.3. The normalized spacial score (nSPS) is 25.9. The van der Waals surface area contributed by atoms with Gasteiger partial charge in [0.05, 0.1) is 13.0 Å². The van der Waals surface area contributed by atoms with E-state index in [9.17, 15) is 9.59 Å². The molecular weight excluding hydrogens is 206 g/mol. The van der Waals surface area contributed by atoms with Crippen molar-refractivity contribution in [1.82, 2.24) is 5.32 Å². The van der Waals surface area contributed by atoms with E-state index in [4.69, 9.17) is 11.6 Å². The van der Waals surface area contributed by atoms with Gasteiger partial charge in [0.1, 0.15) is 0 Å². The predicted molar refractivity (Wildman–Crippen MR) is 52.4 cm³/mol. The van der Waals surface area contributed by atoms with E-state index in [1.165, 1.54) is 7.11 Å². The molecule has 0 saturated heterocycles. The van der Waals surface area contributed by atoms with Gasteiger partial charge in [-0.1, -0.05) is 6.42 Å². The molecule has 1 saturated carbocycles. The van der Waals surface area contributed by atoms with Crippen LogP contribution in [-0.2, 0) is 9.53 Å². The lowest BCUT2D eigenvalue weighted by Gasteiger charge is -2.18. The summed E-state index contributed by atoms with van der Waals surface area (Å²) in [6, 6.07) is -0.103. The minimum atomic E-state index is -0.482. The van der Waals surface area contributed by atoms with Crippen LogP contribution in [-0.4, -0.2) is 30.9 Å². The van der Waals surface area contributed by atoms with Crippen LogP contribution in [0.2, 0.25) is 0 Å². The molecule has 2 atom stereocenters. The second kappa shape index (κ2) is 5.20. The molecule has 0 heterocycles. The summed E-state index contributed by atoms with van der Waals surface area (Å²) in [5, 5.41) is 2.65. The predicted octanol–water partition coefficient (Wildman–Crippen LogP) is 1.32. The largest absolute Gasteiger partial charge is 0.453 e. The quantitative estimate of drug-likeness (QED) is 0.729. The van der Waals surface area contributed by atoms with Crippen molar-refractivity contribution in [2.45, 2.75) is 25.3 Å². The fourth-order valence-electron chi connectivity index (χ4n) is 1.83. The number of carbonyl (C=O) groups is 2. The molecule has 1 amide bonds. The van der Waals surface area contributed by atoms with E-state index in [0.29, 0.717) is 0 Å². The van der Waals surface area contributed by atoms with Crippen molar-refractivity contribution in [2.24, 2.45) is 5.92 Å². The Kier molecular flexibility index (Phi) is 4.20. The minimum absolute atomic E-state index is 0.00516. The maximum Gasteiger partial charge on any atom is 0.407 e. The van der Waals surface area contributed by atoms with Gasteiger partial charge in [-0.25, -0.2) is 4.79 Å². The van der Waals surface area contributed by atoms with E-state index in [1.54, 1.807) is 0 Å². The Morgan fingerprint density at radius 3 is 2.79 bits per heavy atom. The molecular formula is C9H14ClNO3. The van der Waals surface area contributed by atoms with E-state index < -0.39 is 6.09 Å². The van der Waals surface area contributed by atoms with Gasteiger partial charge in [-0.15, -0.1) is 11.6 Å². The lowest BCUT2D eigenvalue weighted by molar-refractivity contribution is -0.120. The summed E-state index contributed by atoms with van der Waals surface area (Å²) in [4.78, 5) is 22.3. The van der Waals surface area contributed by atoms with E-state index in [2.05, 4.69) is 10.1 Å². The molecule has 0 aromatic carbocycles. The number of ether oxygens (including phenoxy) is 1. The lowest BCUT2D eigenvalue weighted by Crippen LogP contribution is -2.40. The number of ketones is 1. The van der Waals surface area contributed by atoms with Crippen molar-refractivity contribution in [3.63, 3.8) is 0 Å². The van der Waals surface area contributed by atoms with Crippen LogP contribution < -0.4 is 5.32 Å². The highest BCUT2D eigenvalue weighted by Crippen LogP contribution is 2.26. The van der Waals surface area contributed by atoms with Crippen LogP contribution in [0.1, 0.15) is 19.3 Å². The molecule has 0 aromatic heterocycles. The Hall–Kier alpha value is -0.770. The van der Waals surface area contributed by atoms with Crippen molar-refractivity contribution >= 4 is 23.5 Å². The maximum atomic E-state index is 11.4. The molecule has 2 unspecified atom stereocenters. The second-order valence-electron chi connectivity index (χ2n) is 3.38. The SMILES string of the molecule is COC(=O)NC1CCCC1C(=O)CCl. The molecule has 1 aliphatic carbocycles. The van der Waals surface area contributed by atoms with Crippen molar-refractivity contribution in [3.8, 4) is 0 Å². The number of nitrogens with one attached hydrogen (secondary N) is 1. The van der Waals surface area contributed by atoms with E-state index in [1.807, 2.05) is 0 Å². The molecule has 0 radical (unpaired) electrons. The van der Waals surface area contributed by atoms with Gasteiger partial charge >= 0.3 is 6.09 Å². The third-order valence-corrected chi connectivity index (χ3v) is 2.81. The van der Waals surface area contributed by atoms with Gasteiger partial charge in [-0.3, -0.25) is 4.79 Å². The van der Waals surface area contributed by atoms with Crippen molar-refractivity contribution in [1.29, 1.82) is 0 Å². The average Bonchev–Trinajstić information content (AvgIpc) is 2.64. The number of alkyl halides is 1. The first-order valence-electron chi connectivity index (χ1n) is 4.62. The Balaban J connectivity index is 2.51. The Bertz CT molecular complexity index is 232. The third kappa shape index (κ3) is 2.61. The van der Waals surface area contributed by atoms with E-state index in [0.717, 1.165) is 19.3 Å². The Morgan fingerprint density at radius 1 is 1.50 bits per heavy atom. The maximum absolute atomic E-state index is 11.4. The number of Topliss-reactive ketones (excluding diaryl/α,β-unsaturated/α-hetero) is 1. The fraction of sp³-hybridized carbons (Fsp3) is 0.778. The summed E-state index contributed by atoms with van der Waals surface area (Å²) in [7, 11) is 1.31. The zero-order chi connectivity index (χ0) is 10.6. The number of rotatable bonds is 3. The molecule has 1 rings (SSSR count). The molecule has 80 valence electrons. The highest BCUT2D eigenvalue weighted by molar-refractivity contribution is 6.28. The monoisotopic (exact) mass is 219 g/mol.